The quantitative estimate of drug-likeness (QED) is 0.356. The molecule has 0 radical (unpaired) electrons. The minimum atomic E-state index is -0.452. The highest BCUT2D eigenvalue weighted by atomic mass is 19.1. The summed E-state index contributed by atoms with van der Waals surface area (Å²) in [5.74, 6) is -0.261. The van der Waals surface area contributed by atoms with Crippen molar-refractivity contribution in [2.45, 2.75) is 13.5 Å². The van der Waals surface area contributed by atoms with Gasteiger partial charge in [-0.15, -0.1) is 0 Å². The number of halogens is 1. The van der Waals surface area contributed by atoms with Gasteiger partial charge in [0.25, 0.3) is 0 Å². The van der Waals surface area contributed by atoms with Crippen molar-refractivity contribution in [2.75, 3.05) is 5.32 Å². The number of nitrogens with zero attached hydrogens (tertiary/aromatic N) is 3. The van der Waals surface area contributed by atoms with E-state index in [0.29, 0.717) is 6.54 Å². The van der Waals surface area contributed by atoms with Crippen LogP contribution in [-0.2, 0) is 6.54 Å². The molecular weight excluding hydrogens is 399 g/mol. The third kappa shape index (κ3) is 4.05. The molecule has 0 spiro atoms. The van der Waals surface area contributed by atoms with Crippen LogP contribution in [0.1, 0.15) is 11.3 Å². The first-order valence-electron chi connectivity index (χ1n) is 10.4. The zero-order chi connectivity index (χ0) is 21.9. The van der Waals surface area contributed by atoms with Gasteiger partial charge in [0.1, 0.15) is 12.0 Å². The molecule has 0 aliphatic heterocycles. The Hall–Kier alpha value is -4.12. The number of hydrogen-bond donors (Lipinski definition) is 1. The van der Waals surface area contributed by atoms with Gasteiger partial charge in [-0.2, -0.15) is 0 Å². The Morgan fingerprint density at radius 1 is 0.750 bits per heavy atom. The van der Waals surface area contributed by atoms with Crippen LogP contribution in [0.15, 0.2) is 91.4 Å². The fraction of sp³-hybridized carbons (Fsp3) is 0.0741. The summed E-state index contributed by atoms with van der Waals surface area (Å²) in [5, 5.41) is 5.26. The standard InChI is InChI=1S/C27H21FN4/c1-18-14-23(12-13-29-18)21-8-6-19(7-9-21)16-30-27-25(28)26(31-17-32-27)24-11-10-20-4-2-3-5-22(20)15-24/h2-15,17H,16H2,1H3,(H,30,31,32). The third-order valence-corrected chi connectivity index (χ3v) is 5.46. The van der Waals surface area contributed by atoms with Gasteiger partial charge >= 0.3 is 0 Å². The van der Waals surface area contributed by atoms with Crippen molar-refractivity contribution >= 4 is 16.6 Å². The van der Waals surface area contributed by atoms with E-state index in [2.05, 4.69) is 38.5 Å². The maximum Gasteiger partial charge on any atom is 0.191 e. The van der Waals surface area contributed by atoms with E-state index < -0.39 is 5.82 Å². The molecule has 0 fully saturated rings. The summed E-state index contributed by atoms with van der Waals surface area (Å²) in [6, 6.07) is 26.0. The molecule has 0 aliphatic carbocycles. The van der Waals surface area contributed by atoms with Crippen LogP contribution in [-0.4, -0.2) is 15.0 Å². The minimum Gasteiger partial charge on any atom is -0.363 e. The number of rotatable bonds is 5. The molecule has 4 nitrogen and oxygen atoms in total. The van der Waals surface area contributed by atoms with Crippen molar-refractivity contribution < 1.29 is 4.39 Å². The number of pyridine rings is 1. The number of fused-ring (bicyclic) bond motifs is 1. The Morgan fingerprint density at radius 2 is 1.53 bits per heavy atom. The monoisotopic (exact) mass is 420 g/mol. The number of anilines is 1. The van der Waals surface area contributed by atoms with Gasteiger partial charge in [0.15, 0.2) is 11.6 Å². The van der Waals surface area contributed by atoms with E-state index in [4.69, 9.17) is 0 Å². The van der Waals surface area contributed by atoms with Crippen LogP contribution in [0.25, 0.3) is 33.2 Å². The zero-order valence-electron chi connectivity index (χ0n) is 17.6. The van der Waals surface area contributed by atoms with Crippen molar-refractivity contribution in [1.29, 1.82) is 0 Å². The van der Waals surface area contributed by atoms with Gasteiger partial charge in [-0.05, 0) is 52.6 Å². The fourth-order valence-electron chi connectivity index (χ4n) is 3.76. The van der Waals surface area contributed by atoms with E-state index in [1.54, 1.807) is 0 Å². The number of aromatic nitrogens is 3. The number of benzene rings is 3. The Bertz CT molecular complexity index is 1400. The van der Waals surface area contributed by atoms with E-state index in [0.717, 1.165) is 38.7 Å². The van der Waals surface area contributed by atoms with Crippen molar-refractivity contribution in [3.05, 3.63) is 108 Å². The summed E-state index contributed by atoms with van der Waals surface area (Å²) < 4.78 is 15.2. The van der Waals surface area contributed by atoms with Crippen molar-refractivity contribution in [1.82, 2.24) is 15.0 Å². The van der Waals surface area contributed by atoms with Gasteiger partial charge in [0.05, 0.1) is 0 Å². The van der Waals surface area contributed by atoms with E-state index in [-0.39, 0.29) is 11.5 Å². The van der Waals surface area contributed by atoms with E-state index >= 15 is 4.39 Å². The number of nitrogens with one attached hydrogen (secondary N) is 1. The number of hydrogen-bond acceptors (Lipinski definition) is 4. The molecule has 5 heteroatoms. The second-order valence-electron chi connectivity index (χ2n) is 7.68. The van der Waals surface area contributed by atoms with Crippen molar-refractivity contribution in [3.63, 3.8) is 0 Å². The Labute approximate surface area is 185 Å². The molecule has 0 saturated carbocycles. The summed E-state index contributed by atoms with van der Waals surface area (Å²) in [6.07, 6.45) is 3.20. The molecule has 0 saturated heterocycles. The van der Waals surface area contributed by atoms with Gasteiger partial charge in [0.2, 0.25) is 0 Å². The Kier molecular flexibility index (Phi) is 5.30. The van der Waals surface area contributed by atoms with Gasteiger partial charge in [0, 0.05) is 24.0 Å². The first-order valence-corrected chi connectivity index (χ1v) is 10.4. The van der Waals surface area contributed by atoms with Crippen molar-refractivity contribution in [3.8, 4) is 22.4 Å². The van der Waals surface area contributed by atoms with Crippen LogP contribution in [0.3, 0.4) is 0 Å². The van der Waals surface area contributed by atoms with E-state index in [1.807, 2.05) is 73.8 Å². The van der Waals surface area contributed by atoms with E-state index in [9.17, 15) is 0 Å². The predicted octanol–water partition coefficient (Wildman–Crippen LogP) is 6.42. The summed E-state index contributed by atoms with van der Waals surface area (Å²) in [7, 11) is 0. The lowest BCUT2D eigenvalue weighted by atomic mass is 10.0. The maximum atomic E-state index is 15.2. The molecule has 0 bridgehead atoms. The Balaban J connectivity index is 1.35. The predicted molar refractivity (Wildman–Crippen MR) is 127 cm³/mol. The lowest BCUT2D eigenvalue weighted by Gasteiger charge is -2.10. The lowest BCUT2D eigenvalue weighted by Crippen LogP contribution is -2.05. The van der Waals surface area contributed by atoms with E-state index in [1.165, 1.54) is 6.33 Å². The molecule has 2 aromatic heterocycles. The van der Waals surface area contributed by atoms with Gasteiger partial charge in [-0.3, -0.25) is 4.98 Å². The van der Waals surface area contributed by atoms with Gasteiger partial charge in [-0.1, -0.05) is 60.7 Å². The molecule has 3 aromatic carbocycles. The highest BCUT2D eigenvalue weighted by Crippen LogP contribution is 2.27. The average Bonchev–Trinajstić information content (AvgIpc) is 2.83. The van der Waals surface area contributed by atoms with Crippen LogP contribution in [0, 0.1) is 12.7 Å². The van der Waals surface area contributed by atoms with Gasteiger partial charge in [-0.25, -0.2) is 14.4 Å². The number of aryl methyl sites for hydroxylation is 1. The molecular formula is C27H21FN4. The molecule has 1 N–H and O–H groups in total. The average molecular weight is 420 g/mol. The van der Waals surface area contributed by atoms with Crippen LogP contribution in [0.2, 0.25) is 0 Å². The highest BCUT2D eigenvalue weighted by Gasteiger charge is 2.13. The summed E-state index contributed by atoms with van der Waals surface area (Å²) in [6.45, 7) is 2.44. The van der Waals surface area contributed by atoms with Gasteiger partial charge < -0.3 is 5.32 Å². The maximum absolute atomic E-state index is 15.2. The first kappa shape index (κ1) is 19.8. The largest absolute Gasteiger partial charge is 0.363 e. The molecule has 0 amide bonds. The SMILES string of the molecule is Cc1cc(-c2ccc(CNc3ncnc(-c4ccc5ccccc5c4)c3F)cc2)ccn1. The summed E-state index contributed by atoms with van der Waals surface area (Å²) in [5.41, 5.74) is 5.27. The van der Waals surface area contributed by atoms with Crippen LogP contribution < -0.4 is 5.32 Å². The van der Waals surface area contributed by atoms with Crippen LogP contribution in [0.5, 0.6) is 0 Å². The summed E-state index contributed by atoms with van der Waals surface area (Å²) >= 11 is 0. The van der Waals surface area contributed by atoms with Crippen LogP contribution in [0.4, 0.5) is 10.2 Å². The third-order valence-electron chi connectivity index (χ3n) is 5.46. The minimum absolute atomic E-state index is 0.192. The first-order chi connectivity index (χ1) is 15.7. The smallest absolute Gasteiger partial charge is 0.191 e. The highest BCUT2D eigenvalue weighted by molar-refractivity contribution is 5.87. The summed E-state index contributed by atoms with van der Waals surface area (Å²) in [4.78, 5) is 12.5. The van der Waals surface area contributed by atoms with Crippen molar-refractivity contribution in [2.24, 2.45) is 0 Å². The molecule has 5 rings (SSSR count). The molecule has 0 unspecified atom stereocenters. The molecule has 5 aromatic rings. The molecule has 156 valence electrons. The Morgan fingerprint density at radius 3 is 2.34 bits per heavy atom. The molecule has 32 heavy (non-hydrogen) atoms. The normalized spacial score (nSPS) is 10.9. The second kappa shape index (κ2) is 8.55. The molecule has 0 atom stereocenters. The zero-order valence-corrected chi connectivity index (χ0v) is 17.6. The van der Waals surface area contributed by atoms with Crippen LogP contribution >= 0.6 is 0 Å². The lowest BCUT2D eigenvalue weighted by molar-refractivity contribution is 0.621. The fourth-order valence-corrected chi connectivity index (χ4v) is 3.76. The molecule has 2 heterocycles. The second-order valence-corrected chi connectivity index (χ2v) is 7.68. The topological polar surface area (TPSA) is 50.7 Å². The molecule has 0 aliphatic rings.